The van der Waals surface area contributed by atoms with E-state index in [4.69, 9.17) is 16.3 Å². The first-order valence-electron chi connectivity index (χ1n) is 6.59. The third-order valence-electron chi connectivity index (χ3n) is 3.31. The van der Waals surface area contributed by atoms with Crippen LogP contribution in [0.5, 0.6) is 5.75 Å². The monoisotopic (exact) mass is 318 g/mol. The highest BCUT2D eigenvalue weighted by molar-refractivity contribution is 7.89. The van der Waals surface area contributed by atoms with E-state index in [-0.39, 0.29) is 16.7 Å². The number of hydrogen-bond donors (Lipinski definition) is 2. The molecular weight excluding hydrogens is 300 g/mol. The highest BCUT2D eigenvalue weighted by Gasteiger charge is 2.24. The van der Waals surface area contributed by atoms with Crippen molar-refractivity contribution in [2.24, 2.45) is 0 Å². The number of rotatable bonds is 4. The molecular formula is C13H19ClN2O3S. The summed E-state index contributed by atoms with van der Waals surface area (Å²) in [4.78, 5) is 0.126. The summed E-state index contributed by atoms with van der Waals surface area (Å²) in [6, 6.07) is 4.48. The van der Waals surface area contributed by atoms with Crippen molar-refractivity contribution < 1.29 is 13.2 Å². The molecule has 7 heteroatoms. The largest absolute Gasteiger partial charge is 0.495 e. The Kier molecular flexibility index (Phi) is 5.26. The Morgan fingerprint density at radius 3 is 2.90 bits per heavy atom. The quantitative estimate of drug-likeness (QED) is 0.888. The van der Waals surface area contributed by atoms with E-state index in [1.165, 1.54) is 19.2 Å². The minimum absolute atomic E-state index is 0.0459. The van der Waals surface area contributed by atoms with E-state index in [1.54, 1.807) is 6.07 Å². The average Bonchev–Trinajstić information content (AvgIpc) is 2.66. The predicted molar refractivity (Wildman–Crippen MR) is 78.8 cm³/mol. The minimum Gasteiger partial charge on any atom is -0.495 e. The molecule has 1 aliphatic rings. The minimum atomic E-state index is -3.60. The molecule has 2 rings (SSSR count). The van der Waals surface area contributed by atoms with Crippen LogP contribution in [0, 0.1) is 0 Å². The molecule has 0 spiro atoms. The second-order valence-corrected chi connectivity index (χ2v) is 6.91. The number of hydrogen-bond acceptors (Lipinski definition) is 4. The summed E-state index contributed by atoms with van der Waals surface area (Å²) in [7, 11) is -2.17. The van der Waals surface area contributed by atoms with Crippen LogP contribution in [-0.2, 0) is 10.0 Å². The number of methoxy groups -OCH3 is 1. The maximum atomic E-state index is 12.4. The zero-order chi connectivity index (χ0) is 14.6. The number of nitrogens with one attached hydrogen (secondary N) is 2. The van der Waals surface area contributed by atoms with Crippen molar-refractivity contribution in [3.8, 4) is 5.75 Å². The molecule has 0 aromatic heterocycles. The highest BCUT2D eigenvalue weighted by Crippen LogP contribution is 2.27. The number of ether oxygens (including phenoxy) is 1. The number of benzene rings is 1. The van der Waals surface area contributed by atoms with E-state index in [1.807, 2.05) is 0 Å². The fourth-order valence-electron chi connectivity index (χ4n) is 2.28. The molecule has 1 aromatic rings. The predicted octanol–water partition coefficient (Wildman–Crippen LogP) is 1.77. The molecule has 2 N–H and O–H groups in total. The van der Waals surface area contributed by atoms with Crippen molar-refractivity contribution >= 4 is 21.6 Å². The third kappa shape index (κ3) is 3.85. The first-order chi connectivity index (χ1) is 9.53. The maximum absolute atomic E-state index is 12.4. The third-order valence-corrected chi connectivity index (χ3v) is 5.11. The van der Waals surface area contributed by atoms with Gasteiger partial charge >= 0.3 is 0 Å². The second-order valence-electron chi connectivity index (χ2n) is 4.79. The van der Waals surface area contributed by atoms with Gasteiger partial charge in [-0.2, -0.15) is 0 Å². The molecule has 5 nitrogen and oxygen atoms in total. The summed E-state index contributed by atoms with van der Waals surface area (Å²) in [5, 5.41) is 3.70. The Hall–Kier alpha value is -0.820. The lowest BCUT2D eigenvalue weighted by Gasteiger charge is -2.17. The first kappa shape index (κ1) is 15.6. The fraction of sp³-hybridized carbons (Fsp3) is 0.538. The van der Waals surface area contributed by atoms with Gasteiger partial charge in [0, 0.05) is 17.1 Å². The topological polar surface area (TPSA) is 67.4 Å². The Morgan fingerprint density at radius 1 is 1.35 bits per heavy atom. The van der Waals surface area contributed by atoms with Gasteiger partial charge in [-0.05, 0) is 44.5 Å². The van der Waals surface area contributed by atoms with Gasteiger partial charge in [0.1, 0.15) is 10.6 Å². The van der Waals surface area contributed by atoms with Crippen molar-refractivity contribution in [1.82, 2.24) is 10.0 Å². The van der Waals surface area contributed by atoms with E-state index in [2.05, 4.69) is 10.0 Å². The molecule has 1 aliphatic heterocycles. The van der Waals surface area contributed by atoms with E-state index < -0.39 is 10.0 Å². The molecule has 0 radical (unpaired) electrons. The molecule has 1 atom stereocenters. The van der Waals surface area contributed by atoms with Crippen molar-refractivity contribution in [3.63, 3.8) is 0 Å². The van der Waals surface area contributed by atoms with Crippen LogP contribution in [-0.4, -0.2) is 34.7 Å². The molecule has 0 saturated carbocycles. The molecule has 1 unspecified atom stereocenters. The van der Waals surface area contributed by atoms with E-state index >= 15 is 0 Å². The zero-order valence-corrected chi connectivity index (χ0v) is 12.9. The van der Waals surface area contributed by atoms with E-state index in [0.717, 1.165) is 32.4 Å². The van der Waals surface area contributed by atoms with Gasteiger partial charge in [0.2, 0.25) is 10.0 Å². The molecule has 0 bridgehead atoms. The summed E-state index contributed by atoms with van der Waals surface area (Å²) < 4.78 is 32.8. The van der Waals surface area contributed by atoms with Gasteiger partial charge in [0.25, 0.3) is 0 Å². The van der Waals surface area contributed by atoms with Gasteiger partial charge in [0.05, 0.1) is 7.11 Å². The molecule has 0 aliphatic carbocycles. The number of halogens is 1. The summed E-state index contributed by atoms with van der Waals surface area (Å²) in [6.45, 7) is 1.76. The highest BCUT2D eigenvalue weighted by atomic mass is 35.5. The molecule has 112 valence electrons. The van der Waals surface area contributed by atoms with Gasteiger partial charge < -0.3 is 10.1 Å². The van der Waals surface area contributed by atoms with Gasteiger partial charge in [-0.1, -0.05) is 11.6 Å². The normalized spacial score (nSPS) is 20.4. The first-order valence-corrected chi connectivity index (χ1v) is 8.45. The second kappa shape index (κ2) is 6.76. The SMILES string of the molecule is COc1cc(Cl)ccc1S(=O)(=O)NC1CCCNCC1. The lowest BCUT2D eigenvalue weighted by Crippen LogP contribution is -2.35. The lowest BCUT2D eigenvalue weighted by molar-refractivity contribution is 0.401. The van der Waals surface area contributed by atoms with Crippen LogP contribution in [0.2, 0.25) is 5.02 Å². The van der Waals surface area contributed by atoms with Crippen molar-refractivity contribution in [2.75, 3.05) is 20.2 Å². The summed E-state index contributed by atoms with van der Waals surface area (Å²) in [5.41, 5.74) is 0. The Balaban J connectivity index is 2.21. The maximum Gasteiger partial charge on any atom is 0.244 e. The lowest BCUT2D eigenvalue weighted by atomic mass is 10.1. The smallest absolute Gasteiger partial charge is 0.244 e. The van der Waals surface area contributed by atoms with Crippen LogP contribution in [0.1, 0.15) is 19.3 Å². The molecule has 1 fully saturated rings. The van der Waals surface area contributed by atoms with Gasteiger partial charge in [-0.25, -0.2) is 13.1 Å². The van der Waals surface area contributed by atoms with Crippen molar-refractivity contribution in [2.45, 2.75) is 30.2 Å². The Morgan fingerprint density at radius 2 is 2.15 bits per heavy atom. The van der Waals surface area contributed by atoms with Gasteiger partial charge in [-0.3, -0.25) is 0 Å². The van der Waals surface area contributed by atoms with Crippen LogP contribution in [0.4, 0.5) is 0 Å². The van der Waals surface area contributed by atoms with Crippen molar-refractivity contribution in [1.29, 1.82) is 0 Å². The molecule has 20 heavy (non-hydrogen) atoms. The number of sulfonamides is 1. The van der Waals surface area contributed by atoms with Gasteiger partial charge in [0.15, 0.2) is 0 Å². The summed E-state index contributed by atoms with van der Waals surface area (Å²) >= 11 is 5.86. The average molecular weight is 319 g/mol. The van der Waals surface area contributed by atoms with Crippen LogP contribution in [0.25, 0.3) is 0 Å². The molecule has 1 saturated heterocycles. The fourth-order valence-corrected chi connectivity index (χ4v) is 3.90. The molecule has 0 amide bonds. The van der Waals surface area contributed by atoms with Crippen LogP contribution < -0.4 is 14.8 Å². The molecule has 1 heterocycles. The van der Waals surface area contributed by atoms with E-state index in [9.17, 15) is 8.42 Å². The van der Waals surface area contributed by atoms with Crippen LogP contribution in [0.3, 0.4) is 0 Å². The van der Waals surface area contributed by atoms with Gasteiger partial charge in [-0.15, -0.1) is 0 Å². The zero-order valence-electron chi connectivity index (χ0n) is 11.4. The van der Waals surface area contributed by atoms with E-state index in [0.29, 0.717) is 5.02 Å². The standard InChI is InChI=1S/C13H19ClN2O3S/c1-19-12-9-10(14)4-5-13(12)20(17,18)16-11-3-2-7-15-8-6-11/h4-5,9,11,15-16H,2-3,6-8H2,1H3. The van der Waals surface area contributed by atoms with Crippen molar-refractivity contribution in [3.05, 3.63) is 23.2 Å². The Bertz CT molecular complexity index is 555. The summed E-state index contributed by atoms with van der Waals surface area (Å²) in [5.74, 6) is 0.261. The summed E-state index contributed by atoms with van der Waals surface area (Å²) in [6.07, 6.45) is 2.59. The van der Waals surface area contributed by atoms with Crippen LogP contribution in [0.15, 0.2) is 23.1 Å². The molecule has 1 aromatic carbocycles. The Labute approximate surface area is 124 Å². The van der Waals surface area contributed by atoms with Crippen LogP contribution >= 0.6 is 11.6 Å².